The summed E-state index contributed by atoms with van der Waals surface area (Å²) in [6, 6.07) is 5.96. The van der Waals surface area contributed by atoms with Gasteiger partial charge in [0.05, 0.1) is 12.5 Å². The zero-order valence-corrected chi connectivity index (χ0v) is 11.1. The van der Waals surface area contributed by atoms with Gasteiger partial charge < -0.3 is 9.84 Å². The first-order valence-electron chi connectivity index (χ1n) is 7.24. The Kier molecular flexibility index (Phi) is 3.45. The smallest absolute Gasteiger partial charge is 0.311 e. The fourth-order valence-corrected chi connectivity index (χ4v) is 3.48. The molecular formula is C16H20O3. The molecule has 1 aromatic carbocycles. The van der Waals surface area contributed by atoms with Crippen LogP contribution >= 0.6 is 0 Å². The van der Waals surface area contributed by atoms with Gasteiger partial charge >= 0.3 is 5.97 Å². The molecule has 1 aliphatic carbocycles. The largest absolute Gasteiger partial charge is 0.493 e. The molecule has 0 radical (unpaired) electrons. The quantitative estimate of drug-likeness (QED) is 0.906. The molecule has 1 saturated carbocycles. The van der Waals surface area contributed by atoms with Gasteiger partial charge in [0, 0.05) is 0 Å². The minimum Gasteiger partial charge on any atom is -0.493 e. The lowest BCUT2D eigenvalue weighted by atomic mass is 9.84. The number of carboxylic acids is 1. The van der Waals surface area contributed by atoms with E-state index in [0.29, 0.717) is 5.92 Å². The highest BCUT2D eigenvalue weighted by atomic mass is 16.5. The second-order valence-corrected chi connectivity index (χ2v) is 5.68. The number of carbonyl (C=O) groups is 1. The Morgan fingerprint density at radius 3 is 2.79 bits per heavy atom. The van der Waals surface area contributed by atoms with Crippen LogP contribution in [0.4, 0.5) is 0 Å². The van der Waals surface area contributed by atoms with Gasteiger partial charge in [-0.25, -0.2) is 0 Å². The molecule has 0 saturated heterocycles. The minimum absolute atomic E-state index is 0.306. The van der Waals surface area contributed by atoms with Crippen molar-refractivity contribution in [1.82, 2.24) is 0 Å². The Morgan fingerprint density at radius 2 is 2.05 bits per heavy atom. The van der Waals surface area contributed by atoms with E-state index in [1.165, 1.54) is 18.4 Å². The van der Waals surface area contributed by atoms with Crippen LogP contribution in [0.5, 0.6) is 5.75 Å². The summed E-state index contributed by atoms with van der Waals surface area (Å²) in [7, 11) is 0. The zero-order chi connectivity index (χ0) is 13.2. The first-order valence-corrected chi connectivity index (χ1v) is 7.24. The number of aryl methyl sites for hydroxylation is 1. The normalized spacial score (nSPS) is 20.6. The molecule has 0 aromatic heterocycles. The lowest BCUT2D eigenvalue weighted by Crippen LogP contribution is -2.20. The van der Waals surface area contributed by atoms with Gasteiger partial charge in [-0.05, 0) is 48.8 Å². The monoisotopic (exact) mass is 260 g/mol. The number of fused-ring (bicyclic) bond motifs is 1. The van der Waals surface area contributed by atoms with Crippen molar-refractivity contribution in [3.63, 3.8) is 0 Å². The molecule has 0 spiro atoms. The van der Waals surface area contributed by atoms with Crippen molar-refractivity contribution in [2.45, 2.75) is 44.4 Å². The number of carboxylic acid groups (broad SMARTS) is 1. The number of hydrogen-bond acceptors (Lipinski definition) is 2. The Labute approximate surface area is 113 Å². The number of ether oxygens (including phenoxy) is 1. The van der Waals surface area contributed by atoms with Gasteiger partial charge in [0.15, 0.2) is 0 Å². The molecule has 0 bridgehead atoms. The highest BCUT2D eigenvalue weighted by molar-refractivity contribution is 5.76. The summed E-state index contributed by atoms with van der Waals surface area (Å²) >= 11 is 0. The minimum atomic E-state index is -0.677. The lowest BCUT2D eigenvalue weighted by Gasteiger charge is -2.23. The second kappa shape index (κ2) is 5.24. The maximum absolute atomic E-state index is 11.6. The summed E-state index contributed by atoms with van der Waals surface area (Å²) in [6.07, 6.45) is 6.46. The van der Waals surface area contributed by atoms with Crippen LogP contribution in [-0.2, 0) is 11.2 Å². The summed E-state index contributed by atoms with van der Waals surface area (Å²) in [5.41, 5.74) is 2.14. The van der Waals surface area contributed by atoms with E-state index in [1.807, 2.05) is 12.1 Å². The molecule has 102 valence electrons. The molecule has 1 heterocycles. The molecule has 1 N–H and O–H groups in total. The SMILES string of the molecule is O=C(O)C(c1ccc2c(c1)CCCO2)C1CCCC1. The van der Waals surface area contributed by atoms with Crippen molar-refractivity contribution < 1.29 is 14.6 Å². The molecular weight excluding hydrogens is 240 g/mol. The highest BCUT2D eigenvalue weighted by Crippen LogP contribution is 2.39. The molecule has 3 rings (SSSR count). The van der Waals surface area contributed by atoms with Crippen LogP contribution in [0, 0.1) is 5.92 Å². The van der Waals surface area contributed by atoms with Crippen LogP contribution in [-0.4, -0.2) is 17.7 Å². The van der Waals surface area contributed by atoms with E-state index >= 15 is 0 Å². The van der Waals surface area contributed by atoms with E-state index in [0.717, 1.165) is 43.6 Å². The average Bonchev–Trinajstić information content (AvgIpc) is 2.92. The van der Waals surface area contributed by atoms with Gasteiger partial charge in [-0.2, -0.15) is 0 Å². The van der Waals surface area contributed by atoms with Crippen LogP contribution in [0.25, 0.3) is 0 Å². The Balaban J connectivity index is 1.91. The van der Waals surface area contributed by atoms with Gasteiger partial charge in [0.25, 0.3) is 0 Å². The fourth-order valence-electron chi connectivity index (χ4n) is 3.48. The standard InChI is InChI=1S/C16H20O3/c17-16(18)15(11-4-1-2-5-11)13-7-8-14-12(10-13)6-3-9-19-14/h7-8,10-11,15H,1-6,9H2,(H,17,18). The Morgan fingerprint density at radius 1 is 1.26 bits per heavy atom. The van der Waals surface area contributed by atoms with E-state index in [1.54, 1.807) is 0 Å². The van der Waals surface area contributed by atoms with Crippen LogP contribution in [0.3, 0.4) is 0 Å². The Hall–Kier alpha value is -1.51. The summed E-state index contributed by atoms with van der Waals surface area (Å²) in [5.74, 6) is 0.226. The van der Waals surface area contributed by atoms with Gasteiger partial charge in [-0.15, -0.1) is 0 Å². The van der Waals surface area contributed by atoms with E-state index < -0.39 is 5.97 Å². The van der Waals surface area contributed by atoms with Crippen molar-refractivity contribution in [3.8, 4) is 5.75 Å². The number of rotatable bonds is 3. The zero-order valence-electron chi connectivity index (χ0n) is 11.1. The molecule has 19 heavy (non-hydrogen) atoms. The van der Waals surface area contributed by atoms with Gasteiger partial charge in [-0.3, -0.25) is 4.79 Å². The van der Waals surface area contributed by atoms with Gasteiger partial charge in [0.1, 0.15) is 5.75 Å². The van der Waals surface area contributed by atoms with E-state index in [-0.39, 0.29) is 5.92 Å². The number of aliphatic carboxylic acids is 1. The maximum Gasteiger partial charge on any atom is 0.311 e. The predicted octanol–water partition coefficient (Wildman–Crippen LogP) is 3.37. The van der Waals surface area contributed by atoms with Crippen molar-refractivity contribution in [1.29, 1.82) is 0 Å². The van der Waals surface area contributed by atoms with E-state index in [4.69, 9.17) is 4.74 Å². The van der Waals surface area contributed by atoms with Gasteiger partial charge in [0.2, 0.25) is 0 Å². The summed E-state index contributed by atoms with van der Waals surface area (Å²) in [5, 5.41) is 9.56. The summed E-state index contributed by atoms with van der Waals surface area (Å²) in [4.78, 5) is 11.6. The van der Waals surface area contributed by atoms with E-state index in [2.05, 4.69) is 6.07 Å². The Bertz CT molecular complexity index is 475. The molecule has 3 heteroatoms. The fraction of sp³-hybridized carbons (Fsp3) is 0.562. The molecule has 3 nitrogen and oxygen atoms in total. The number of hydrogen-bond donors (Lipinski definition) is 1. The molecule has 1 fully saturated rings. The predicted molar refractivity (Wildman–Crippen MR) is 72.6 cm³/mol. The summed E-state index contributed by atoms with van der Waals surface area (Å²) in [6.45, 7) is 0.775. The lowest BCUT2D eigenvalue weighted by molar-refractivity contribution is -0.140. The number of benzene rings is 1. The third kappa shape index (κ3) is 2.46. The molecule has 2 aliphatic rings. The van der Waals surface area contributed by atoms with Crippen molar-refractivity contribution in [3.05, 3.63) is 29.3 Å². The van der Waals surface area contributed by atoms with Gasteiger partial charge in [-0.1, -0.05) is 25.0 Å². The van der Waals surface area contributed by atoms with Crippen LogP contribution in [0.2, 0.25) is 0 Å². The second-order valence-electron chi connectivity index (χ2n) is 5.68. The van der Waals surface area contributed by atoms with Crippen LogP contribution in [0.1, 0.15) is 49.1 Å². The average molecular weight is 260 g/mol. The van der Waals surface area contributed by atoms with Crippen molar-refractivity contribution in [2.24, 2.45) is 5.92 Å². The van der Waals surface area contributed by atoms with Crippen molar-refractivity contribution >= 4 is 5.97 Å². The molecule has 0 amide bonds. The first kappa shape index (κ1) is 12.5. The topological polar surface area (TPSA) is 46.5 Å². The summed E-state index contributed by atoms with van der Waals surface area (Å²) < 4.78 is 5.60. The molecule has 1 unspecified atom stereocenters. The maximum atomic E-state index is 11.6. The van der Waals surface area contributed by atoms with E-state index in [9.17, 15) is 9.90 Å². The molecule has 1 aliphatic heterocycles. The highest BCUT2D eigenvalue weighted by Gasteiger charge is 2.32. The molecule has 1 atom stereocenters. The van der Waals surface area contributed by atoms with Crippen LogP contribution in [0.15, 0.2) is 18.2 Å². The third-order valence-electron chi connectivity index (χ3n) is 4.43. The molecule has 1 aromatic rings. The van der Waals surface area contributed by atoms with Crippen molar-refractivity contribution in [2.75, 3.05) is 6.61 Å². The third-order valence-corrected chi connectivity index (χ3v) is 4.43. The first-order chi connectivity index (χ1) is 9.25. The van der Waals surface area contributed by atoms with Crippen LogP contribution < -0.4 is 4.74 Å².